The van der Waals surface area contributed by atoms with Gasteiger partial charge in [-0.3, -0.25) is 19.7 Å². The molecule has 0 bridgehead atoms. The molecule has 3 aromatic rings. The van der Waals surface area contributed by atoms with Gasteiger partial charge in [0.2, 0.25) is 5.82 Å². The van der Waals surface area contributed by atoms with Crippen molar-refractivity contribution in [1.29, 1.82) is 0 Å². The van der Waals surface area contributed by atoms with Crippen LogP contribution in [0, 0.1) is 17.0 Å². The van der Waals surface area contributed by atoms with Gasteiger partial charge in [-0.25, -0.2) is 0 Å². The zero-order valence-electron chi connectivity index (χ0n) is 16.8. The van der Waals surface area contributed by atoms with E-state index < -0.39 is 10.8 Å². The third-order valence-electron chi connectivity index (χ3n) is 4.19. The summed E-state index contributed by atoms with van der Waals surface area (Å²) in [5.41, 5.74) is 1.19. The van der Waals surface area contributed by atoms with Gasteiger partial charge in [-0.2, -0.15) is 4.98 Å². The van der Waals surface area contributed by atoms with Gasteiger partial charge in [-0.05, 0) is 42.8 Å². The first kappa shape index (κ1) is 22.7. The van der Waals surface area contributed by atoms with Crippen molar-refractivity contribution in [2.75, 3.05) is 19.7 Å². The zero-order chi connectivity index (χ0) is 23.1. The molecule has 32 heavy (non-hydrogen) atoms. The van der Waals surface area contributed by atoms with Gasteiger partial charge in [0.25, 0.3) is 11.6 Å². The molecule has 0 radical (unpaired) electrons. The molecule has 0 fully saturated rings. The van der Waals surface area contributed by atoms with Crippen LogP contribution in [-0.4, -0.2) is 46.6 Å². The monoisotopic (exact) mass is 459 g/mol. The van der Waals surface area contributed by atoms with Crippen molar-refractivity contribution in [2.45, 2.75) is 6.92 Å². The number of non-ortho nitro benzene ring substituents is 1. The molecule has 0 aliphatic heterocycles. The molecule has 0 atom stereocenters. The van der Waals surface area contributed by atoms with E-state index in [4.69, 9.17) is 20.9 Å². The number of amides is 2. The molecule has 1 aromatic heterocycles. The Hall–Kier alpha value is -3.99. The van der Waals surface area contributed by atoms with E-state index in [-0.39, 0.29) is 43.0 Å². The van der Waals surface area contributed by atoms with Gasteiger partial charge in [-0.1, -0.05) is 16.8 Å². The summed E-state index contributed by atoms with van der Waals surface area (Å²) in [4.78, 5) is 38.1. The molecule has 3 rings (SSSR count). The molecule has 0 saturated heterocycles. The van der Waals surface area contributed by atoms with Crippen LogP contribution in [0.25, 0.3) is 11.4 Å². The van der Waals surface area contributed by atoms with Crippen molar-refractivity contribution in [3.8, 4) is 17.1 Å². The third kappa shape index (κ3) is 6.01. The Bertz CT molecular complexity index is 1130. The van der Waals surface area contributed by atoms with Crippen LogP contribution in [0.2, 0.25) is 5.02 Å². The largest absolute Gasteiger partial charge is 0.484 e. The van der Waals surface area contributed by atoms with Crippen molar-refractivity contribution < 1.29 is 23.8 Å². The summed E-state index contributed by atoms with van der Waals surface area (Å²) in [6, 6.07) is 10.6. The van der Waals surface area contributed by atoms with Crippen LogP contribution in [0.1, 0.15) is 16.2 Å². The highest BCUT2D eigenvalue weighted by Gasteiger charge is 2.16. The average molecular weight is 460 g/mol. The van der Waals surface area contributed by atoms with Crippen molar-refractivity contribution in [3.63, 3.8) is 0 Å². The molecule has 2 amide bonds. The van der Waals surface area contributed by atoms with E-state index in [9.17, 15) is 19.7 Å². The van der Waals surface area contributed by atoms with Crippen molar-refractivity contribution >= 4 is 29.1 Å². The molecule has 166 valence electrons. The maximum Gasteiger partial charge on any atom is 0.316 e. The first-order valence-corrected chi connectivity index (χ1v) is 9.73. The Morgan fingerprint density at radius 1 is 1.16 bits per heavy atom. The fourth-order valence-electron chi connectivity index (χ4n) is 2.59. The van der Waals surface area contributed by atoms with Crippen LogP contribution in [0.5, 0.6) is 5.75 Å². The number of ether oxygens (including phenoxy) is 1. The number of nitrogens with zero attached hydrogens (tertiary/aromatic N) is 3. The predicted octanol–water partition coefficient (Wildman–Crippen LogP) is 2.53. The first-order valence-electron chi connectivity index (χ1n) is 9.36. The Morgan fingerprint density at radius 2 is 1.88 bits per heavy atom. The Morgan fingerprint density at radius 3 is 2.56 bits per heavy atom. The van der Waals surface area contributed by atoms with Crippen LogP contribution in [0.4, 0.5) is 5.69 Å². The van der Waals surface area contributed by atoms with Crippen molar-refractivity contribution in [2.24, 2.45) is 0 Å². The summed E-state index contributed by atoms with van der Waals surface area (Å²) >= 11 is 5.88. The van der Waals surface area contributed by atoms with Crippen LogP contribution < -0.4 is 15.4 Å². The summed E-state index contributed by atoms with van der Waals surface area (Å²) in [7, 11) is 0. The minimum atomic E-state index is -0.618. The number of carbonyl (C=O) groups excluding carboxylic acids is 2. The number of carbonyl (C=O) groups is 2. The fraction of sp³-hybridized carbons (Fsp3) is 0.200. The molecule has 11 nitrogen and oxygen atoms in total. The summed E-state index contributed by atoms with van der Waals surface area (Å²) in [6.07, 6.45) is 0. The number of hydrogen-bond donors (Lipinski definition) is 2. The molecule has 0 spiro atoms. The topological polar surface area (TPSA) is 149 Å². The van der Waals surface area contributed by atoms with Gasteiger partial charge in [-0.15, -0.1) is 0 Å². The third-order valence-corrected chi connectivity index (χ3v) is 4.42. The summed E-state index contributed by atoms with van der Waals surface area (Å²) in [5, 5.41) is 20.1. The Labute approximate surface area is 186 Å². The van der Waals surface area contributed by atoms with Gasteiger partial charge < -0.3 is 19.9 Å². The van der Waals surface area contributed by atoms with Gasteiger partial charge in [0.15, 0.2) is 6.61 Å². The number of aryl methyl sites for hydroxylation is 1. The quantitative estimate of drug-likeness (QED) is 0.281. The molecular formula is C20H18ClN5O6. The molecule has 2 aromatic carbocycles. The molecule has 0 aliphatic carbocycles. The van der Waals surface area contributed by atoms with Crippen LogP contribution in [0.3, 0.4) is 0 Å². The molecular weight excluding hydrogens is 442 g/mol. The highest BCUT2D eigenvalue weighted by molar-refractivity contribution is 6.30. The van der Waals surface area contributed by atoms with E-state index in [1.807, 2.05) is 6.92 Å². The fourth-order valence-corrected chi connectivity index (χ4v) is 2.81. The highest BCUT2D eigenvalue weighted by Crippen LogP contribution is 2.22. The molecule has 1 heterocycles. The summed E-state index contributed by atoms with van der Waals surface area (Å²) in [5.74, 6) is -0.572. The minimum absolute atomic E-state index is 0.0778. The zero-order valence-corrected chi connectivity index (χ0v) is 17.6. The lowest BCUT2D eigenvalue weighted by Crippen LogP contribution is -2.36. The number of hydrogen-bond acceptors (Lipinski definition) is 8. The number of rotatable bonds is 9. The lowest BCUT2D eigenvalue weighted by molar-refractivity contribution is -0.384. The molecule has 0 saturated carbocycles. The Balaban J connectivity index is 1.41. The predicted molar refractivity (Wildman–Crippen MR) is 113 cm³/mol. The second-order valence-electron chi connectivity index (χ2n) is 6.53. The van der Waals surface area contributed by atoms with Crippen LogP contribution in [0.15, 0.2) is 47.0 Å². The van der Waals surface area contributed by atoms with E-state index >= 15 is 0 Å². The van der Waals surface area contributed by atoms with Gasteiger partial charge in [0.05, 0.1) is 4.92 Å². The van der Waals surface area contributed by atoms with Gasteiger partial charge in [0, 0.05) is 35.8 Å². The number of nitro benzene ring substituents is 1. The second-order valence-corrected chi connectivity index (χ2v) is 6.97. The lowest BCUT2D eigenvalue weighted by atomic mass is 10.2. The number of nitro groups is 1. The standard InChI is InChI=1S/C20H18ClN5O6/c1-12-10-14(21)4-7-16(12)31-11-17(27)22-8-9-23-19(28)20-24-18(25-32-20)13-2-5-15(6-3-13)26(29)30/h2-7,10H,8-9,11H2,1H3,(H,22,27)(H,23,28). The number of nitrogens with one attached hydrogen (secondary N) is 2. The number of halogens is 1. The maximum absolute atomic E-state index is 12.1. The maximum atomic E-state index is 12.1. The molecule has 2 N–H and O–H groups in total. The second kappa shape index (κ2) is 10.4. The summed E-state index contributed by atoms with van der Waals surface area (Å²) in [6.45, 7) is 1.93. The van der Waals surface area contributed by atoms with Gasteiger partial charge in [0.1, 0.15) is 5.75 Å². The average Bonchev–Trinajstić information content (AvgIpc) is 3.26. The van der Waals surface area contributed by atoms with E-state index in [1.165, 1.54) is 24.3 Å². The van der Waals surface area contributed by atoms with Crippen molar-refractivity contribution in [1.82, 2.24) is 20.8 Å². The number of benzene rings is 2. The van der Waals surface area contributed by atoms with E-state index in [0.29, 0.717) is 16.3 Å². The first-order chi connectivity index (χ1) is 15.3. The van der Waals surface area contributed by atoms with Crippen LogP contribution >= 0.6 is 11.6 Å². The molecule has 12 heteroatoms. The highest BCUT2D eigenvalue weighted by atomic mass is 35.5. The molecule has 0 unspecified atom stereocenters. The smallest absolute Gasteiger partial charge is 0.316 e. The summed E-state index contributed by atoms with van der Waals surface area (Å²) < 4.78 is 10.4. The normalized spacial score (nSPS) is 10.4. The molecule has 0 aliphatic rings. The van der Waals surface area contributed by atoms with E-state index in [2.05, 4.69) is 20.8 Å². The minimum Gasteiger partial charge on any atom is -0.484 e. The Kier molecular flexibility index (Phi) is 7.34. The number of aromatic nitrogens is 2. The van der Waals surface area contributed by atoms with E-state index in [0.717, 1.165) is 5.56 Å². The van der Waals surface area contributed by atoms with Gasteiger partial charge >= 0.3 is 11.8 Å². The van der Waals surface area contributed by atoms with E-state index in [1.54, 1.807) is 18.2 Å². The van der Waals surface area contributed by atoms with Crippen LogP contribution in [-0.2, 0) is 4.79 Å². The van der Waals surface area contributed by atoms with Crippen molar-refractivity contribution in [3.05, 3.63) is 69.1 Å². The lowest BCUT2D eigenvalue weighted by Gasteiger charge is -2.10. The SMILES string of the molecule is Cc1cc(Cl)ccc1OCC(=O)NCCNC(=O)c1nc(-c2ccc([N+](=O)[O-])cc2)no1.